The predicted molar refractivity (Wildman–Crippen MR) is 113 cm³/mol. The standard InChI is InChI=1S/C21H24ClN3O4/c1-27-18-10-9-16(12-19(18)28-2)24-21(23-13-17-4-3-11-29-17)25-20(26)14-5-7-15(22)8-6-14/h5-10,12,17H,3-4,11,13H2,1-2H3,(H2,23,24,25,26)/t17-/m1/s1. The minimum atomic E-state index is -0.291. The van der Waals surface area contributed by atoms with Crippen molar-refractivity contribution in [3.63, 3.8) is 0 Å². The van der Waals surface area contributed by atoms with Crippen LogP contribution in [0, 0.1) is 0 Å². The fraction of sp³-hybridized carbons (Fsp3) is 0.333. The summed E-state index contributed by atoms with van der Waals surface area (Å²) < 4.78 is 16.2. The van der Waals surface area contributed by atoms with Gasteiger partial charge in [0.15, 0.2) is 11.5 Å². The number of carbonyl (C=O) groups is 1. The van der Waals surface area contributed by atoms with E-state index in [1.165, 1.54) is 0 Å². The third-order valence-electron chi connectivity index (χ3n) is 4.46. The lowest BCUT2D eigenvalue weighted by Gasteiger charge is -2.15. The number of hydrogen-bond acceptors (Lipinski definition) is 5. The van der Waals surface area contributed by atoms with Crippen molar-refractivity contribution in [1.29, 1.82) is 0 Å². The van der Waals surface area contributed by atoms with Gasteiger partial charge in [0, 0.05) is 28.9 Å². The van der Waals surface area contributed by atoms with Gasteiger partial charge in [0.2, 0.25) is 5.96 Å². The highest BCUT2D eigenvalue weighted by Crippen LogP contribution is 2.29. The van der Waals surface area contributed by atoms with Crippen LogP contribution in [0.15, 0.2) is 47.5 Å². The first-order chi connectivity index (χ1) is 14.1. The van der Waals surface area contributed by atoms with Gasteiger partial charge in [-0.15, -0.1) is 0 Å². The van der Waals surface area contributed by atoms with Crippen molar-refractivity contribution in [1.82, 2.24) is 5.32 Å². The van der Waals surface area contributed by atoms with Crippen molar-refractivity contribution < 1.29 is 19.0 Å². The van der Waals surface area contributed by atoms with E-state index in [0.717, 1.165) is 19.4 Å². The highest BCUT2D eigenvalue weighted by molar-refractivity contribution is 6.30. The number of nitrogens with one attached hydrogen (secondary N) is 2. The minimum absolute atomic E-state index is 0.0598. The smallest absolute Gasteiger partial charge is 0.257 e. The molecule has 7 nitrogen and oxygen atoms in total. The molecule has 0 aromatic heterocycles. The van der Waals surface area contributed by atoms with E-state index in [1.807, 2.05) is 6.07 Å². The number of amides is 1. The zero-order valence-corrected chi connectivity index (χ0v) is 17.2. The lowest BCUT2D eigenvalue weighted by molar-refractivity contribution is 0.0975. The van der Waals surface area contributed by atoms with E-state index >= 15 is 0 Å². The van der Waals surface area contributed by atoms with Gasteiger partial charge in [0.1, 0.15) is 0 Å². The molecule has 29 heavy (non-hydrogen) atoms. The average molecular weight is 418 g/mol. The summed E-state index contributed by atoms with van der Waals surface area (Å²) in [6.45, 7) is 1.20. The molecule has 0 unspecified atom stereocenters. The summed E-state index contributed by atoms with van der Waals surface area (Å²) in [5, 5.41) is 6.53. The van der Waals surface area contributed by atoms with Gasteiger partial charge in [0.25, 0.3) is 5.91 Å². The van der Waals surface area contributed by atoms with E-state index in [2.05, 4.69) is 15.6 Å². The fourth-order valence-corrected chi connectivity index (χ4v) is 3.05. The van der Waals surface area contributed by atoms with Crippen LogP contribution < -0.4 is 20.1 Å². The zero-order chi connectivity index (χ0) is 20.6. The number of benzene rings is 2. The number of hydrogen-bond donors (Lipinski definition) is 2. The molecule has 2 aromatic rings. The Hall–Kier alpha value is -2.77. The number of rotatable bonds is 6. The van der Waals surface area contributed by atoms with Crippen molar-refractivity contribution in [2.75, 3.05) is 32.7 Å². The number of aliphatic imine (C=N–C) groups is 1. The van der Waals surface area contributed by atoms with Crippen LogP contribution in [-0.4, -0.2) is 45.3 Å². The Kier molecular flexibility index (Phi) is 7.32. The molecule has 1 atom stereocenters. The SMILES string of the molecule is COc1ccc(NC(=NC[C@H]2CCCO2)NC(=O)c2ccc(Cl)cc2)cc1OC. The van der Waals surface area contributed by atoms with Gasteiger partial charge in [0.05, 0.1) is 26.9 Å². The van der Waals surface area contributed by atoms with Gasteiger partial charge in [-0.05, 0) is 49.2 Å². The molecular formula is C21H24ClN3O4. The number of guanidine groups is 1. The highest BCUT2D eigenvalue weighted by Gasteiger charge is 2.16. The van der Waals surface area contributed by atoms with Gasteiger partial charge in [-0.3, -0.25) is 10.1 Å². The van der Waals surface area contributed by atoms with Crippen molar-refractivity contribution in [3.8, 4) is 11.5 Å². The van der Waals surface area contributed by atoms with E-state index in [-0.39, 0.29) is 12.0 Å². The zero-order valence-electron chi connectivity index (χ0n) is 16.4. The quantitative estimate of drug-likeness (QED) is 0.552. The van der Waals surface area contributed by atoms with Crippen molar-refractivity contribution >= 4 is 29.2 Å². The second-order valence-corrected chi connectivity index (χ2v) is 6.92. The maximum Gasteiger partial charge on any atom is 0.257 e. The van der Waals surface area contributed by atoms with Gasteiger partial charge in [-0.25, -0.2) is 4.99 Å². The average Bonchev–Trinajstić information content (AvgIpc) is 3.26. The monoisotopic (exact) mass is 417 g/mol. The number of ether oxygens (including phenoxy) is 3. The van der Waals surface area contributed by atoms with Gasteiger partial charge in [-0.1, -0.05) is 11.6 Å². The number of halogens is 1. The van der Waals surface area contributed by atoms with Crippen LogP contribution in [-0.2, 0) is 4.74 Å². The van der Waals surface area contributed by atoms with Crippen LogP contribution >= 0.6 is 11.6 Å². The molecule has 2 N–H and O–H groups in total. The molecule has 0 aliphatic carbocycles. The van der Waals surface area contributed by atoms with Gasteiger partial charge >= 0.3 is 0 Å². The summed E-state index contributed by atoms with van der Waals surface area (Å²) >= 11 is 5.90. The maximum absolute atomic E-state index is 12.6. The molecule has 0 saturated carbocycles. The molecule has 0 bridgehead atoms. The first-order valence-corrected chi connectivity index (χ1v) is 9.69. The van der Waals surface area contributed by atoms with E-state index in [1.54, 1.807) is 50.6 Å². The first-order valence-electron chi connectivity index (χ1n) is 9.31. The maximum atomic E-state index is 12.6. The van der Waals surface area contributed by atoms with Crippen molar-refractivity contribution in [3.05, 3.63) is 53.1 Å². The molecule has 1 fully saturated rings. The summed E-state index contributed by atoms with van der Waals surface area (Å²) in [5.74, 6) is 1.22. The van der Waals surface area contributed by atoms with Crippen LogP contribution in [0.5, 0.6) is 11.5 Å². The second kappa shape index (κ2) is 10.1. The topological polar surface area (TPSA) is 81.2 Å². The lowest BCUT2D eigenvalue weighted by atomic mass is 10.2. The minimum Gasteiger partial charge on any atom is -0.493 e. The van der Waals surface area contributed by atoms with Gasteiger partial charge in [-0.2, -0.15) is 0 Å². The molecule has 0 radical (unpaired) electrons. The lowest BCUT2D eigenvalue weighted by Crippen LogP contribution is -2.36. The predicted octanol–water partition coefficient (Wildman–Crippen LogP) is 3.73. The largest absolute Gasteiger partial charge is 0.493 e. The third kappa shape index (κ3) is 5.85. The Morgan fingerprint density at radius 2 is 1.93 bits per heavy atom. The second-order valence-electron chi connectivity index (χ2n) is 6.48. The van der Waals surface area contributed by atoms with Crippen LogP contribution in [0.1, 0.15) is 23.2 Å². The molecule has 1 heterocycles. The molecular weight excluding hydrogens is 394 g/mol. The number of nitrogens with zero attached hydrogens (tertiary/aromatic N) is 1. The first kappa shape index (κ1) is 21.0. The molecule has 1 amide bonds. The molecule has 154 valence electrons. The molecule has 8 heteroatoms. The Balaban J connectivity index is 1.77. The molecule has 1 saturated heterocycles. The molecule has 1 aliphatic rings. The molecule has 2 aromatic carbocycles. The van der Waals surface area contributed by atoms with Crippen LogP contribution in [0.4, 0.5) is 5.69 Å². The van der Waals surface area contributed by atoms with E-state index in [0.29, 0.717) is 40.3 Å². The van der Waals surface area contributed by atoms with Crippen molar-refractivity contribution in [2.24, 2.45) is 4.99 Å². The molecule has 0 spiro atoms. The normalized spacial score (nSPS) is 16.4. The van der Waals surface area contributed by atoms with E-state index < -0.39 is 0 Å². The summed E-state index contributed by atoms with van der Waals surface area (Å²) in [7, 11) is 3.14. The van der Waals surface area contributed by atoms with Crippen LogP contribution in [0.3, 0.4) is 0 Å². The van der Waals surface area contributed by atoms with Gasteiger partial charge < -0.3 is 19.5 Å². The van der Waals surface area contributed by atoms with E-state index in [4.69, 9.17) is 25.8 Å². The van der Waals surface area contributed by atoms with E-state index in [9.17, 15) is 4.79 Å². The summed E-state index contributed by atoms with van der Waals surface area (Å²) in [6.07, 6.45) is 2.04. The summed E-state index contributed by atoms with van der Waals surface area (Å²) in [5.41, 5.74) is 1.18. The highest BCUT2D eigenvalue weighted by atomic mass is 35.5. The Morgan fingerprint density at radius 1 is 1.17 bits per heavy atom. The Bertz CT molecular complexity index is 865. The molecule has 1 aliphatic heterocycles. The van der Waals surface area contributed by atoms with Crippen LogP contribution in [0.2, 0.25) is 5.02 Å². The number of carbonyl (C=O) groups excluding carboxylic acids is 1. The van der Waals surface area contributed by atoms with Crippen molar-refractivity contribution in [2.45, 2.75) is 18.9 Å². The van der Waals surface area contributed by atoms with Crippen LogP contribution in [0.25, 0.3) is 0 Å². The third-order valence-corrected chi connectivity index (χ3v) is 4.71. The number of methoxy groups -OCH3 is 2. The Morgan fingerprint density at radius 3 is 2.59 bits per heavy atom. The molecule has 3 rings (SSSR count). The Labute approximate surface area is 175 Å². The number of anilines is 1. The summed E-state index contributed by atoms with van der Waals surface area (Å²) in [6, 6.07) is 12.0. The summed E-state index contributed by atoms with van der Waals surface area (Å²) in [4.78, 5) is 17.2. The fourth-order valence-electron chi connectivity index (χ4n) is 2.92.